The number of hydrogen-bond acceptors (Lipinski definition) is 2. The Bertz CT molecular complexity index is 1160. The standard InChI is InChI=1S/C21H17ClN2O2/c22-16-6-2-1-5-15(16)18-17(20(25)23-21(18)26)14-10-12-4-3-8-24-9-7-13(11-14)19(12)24/h1-2,5-7,9-11,23,25-26H,3-4,8H2. The molecule has 0 bridgehead atoms. The molecule has 1 aliphatic rings. The summed E-state index contributed by atoms with van der Waals surface area (Å²) in [6.45, 7) is 1.04. The normalized spacial score (nSPS) is 13.4. The first-order valence-corrected chi connectivity index (χ1v) is 9.02. The van der Waals surface area contributed by atoms with Gasteiger partial charge >= 0.3 is 0 Å². The van der Waals surface area contributed by atoms with Crippen molar-refractivity contribution in [2.24, 2.45) is 0 Å². The van der Waals surface area contributed by atoms with Gasteiger partial charge in [0.15, 0.2) is 11.8 Å². The Labute approximate surface area is 155 Å². The van der Waals surface area contributed by atoms with E-state index < -0.39 is 0 Å². The van der Waals surface area contributed by atoms with Crippen LogP contribution in [-0.2, 0) is 13.0 Å². The van der Waals surface area contributed by atoms with Crippen LogP contribution in [0.25, 0.3) is 33.2 Å². The second-order valence-electron chi connectivity index (χ2n) is 6.74. The van der Waals surface area contributed by atoms with Gasteiger partial charge in [0.2, 0.25) is 0 Å². The van der Waals surface area contributed by atoms with Crippen molar-refractivity contribution >= 4 is 22.5 Å². The predicted molar refractivity (Wildman–Crippen MR) is 104 cm³/mol. The maximum Gasteiger partial charge on any atom is 0.200 e. The third-order valence-corrected chi connectivity index (χ3v) is 5.51. The summed E-state index contributed by atoms with van der Waals surface area (Å²) in [4.78, 5) is 2.65. The van der Waals surface area contributed by atoms with Crippen molar-refractivity contribution in [2.75, 3.05) is 0 Å². The molecule has 0 amide bonds. The third kappa shape index (κ3) is 2.15. The highest BCUT2D eigenvalue weighted by atomic mass is 35.5. The van der Waals surface area contributed by atoms with Crippen molar-refractivity contribution in [1.29, 1.82) is 0 Å². The number of nitrogens with zero attached hydrogens (tertiary/aromatic N) is 1. The topological polar surface area (TPSA) is 61.2 Å². The Morgan fingerprint density at radius 3 is 2.65 bits per heavy atom. The minimum atomic E-state index is -0.0862. The fourth-order valence-corrected chi connectivity index (χ4v) is 4.31. The van der Waals surface area contributed by atoms with Crippen LogP contribution < -0.4 is 0 Å². The van der Waals surface area contributed by atoms with Gasteiger partial charge in [0.25, 0.3) is 0 Å². The Hall–Kier alpha value is -2.85. The van der Waals surface area contributed by atoms with E-state index in [0.717, 1.165) is 30.3 Å². The second kappa shape index (κ2) is 5.58. The summed E-state index contributed by atoms with van der Waals surface area (Å²) in [6, 6.07) is 13.6. The first-order valence-electron chi connectivity index (χ1n) is 8.64. The van der Waals surface area contributed by atoms with Gasteiger partial charge < -0.3 is 14.8 Å². The Morgan fingerprint density at radius 2 is 1.81 bits per heavy atom. The molecule has 0 radical (unpaired) electrons. The van der Waals surface area contributed by atoms with Crippen molar-refractivity contribution < 1.29 is 10.2 Å². The molecule has 2 aromatic heterocycles. The monoisotopic (exact) mass is 364 g/mol. The van der Waals surface area contributed by atoms with Crippen molar-refractivity contribution in [3.63, 3.8) is 0 Å². The molecule has 5 rings (SSSR count). The largest absolute Gasteiger partial charge is 0.494 e. The van der Waals surface area contributed by atoms with Gasteiger partial charge in [-0.05, 0) is 48.2 Å². The summed E-state index contributed by atoms with van der Waals surface area (Å²) < 4.78 is 2.28. The molecule has 3 N–H and O–H groups in total. The number of aromatic hydroxyl groups is 2. The van der Waals surface area contributed by atoms with Crippen LogP contribution in [0.1, 0.15) is 12.0 Å². The number of rotatable bonds is 2. The van der Waals surface area contributed by atoms with Crippen LogP contribution in [0.2, 0.25) is 5.02 Å². The summed E-state index contributed by atoms with van der Waals surface area (Å²) >= 11 is 6.36. The molecule has 3 heterocycles. The van der Waals surface area contributed by atoms with Crippen LogP contribution in [0.4, 0.5) is 0 Å². The summed E-state index contributed by atoms with van der Waals surface area (Å²) in [6.07, 6.45) is 4.22. The molecular formula is C21H17ClN2O2. The molecule has 0 aliphatic carbocycles. The third-order valence-electron chi connectivity index (χ3n) is 5.18. The minimum absolute atomic E-state index is 0.0563. The molecular weight excluding hydrogens is 348 g/mol. The molecule has 0 atom stereocenters. The van der Waals surface area contributed by atoms with Gasteiger partial charge in [0, 0.05) is 28.7 Å². The zero-order valence-corrected chi connectivity index (χ0v) is 14.7. The van der Waals surface area contributed by atoms with Gasteiger partial charge in [0.05, 0.1) is 16.6 Å². The van der Waals surface area contributed by atoms with Crippen LogP contribution in [0.5, 0.6) is 11.8 Å². The van der Waals surface area contributed by atoms with Gasteiger partial charge in [-0.25, -0.2) is 0 Å². The molecule has 130 valence electrons. The zero-order valence-electron chi connectivity index (χ0n) is 14.0. The molecule has 26 heavy (non-hydrogen) atoms. The lowest BCUT2D eigenvalue weighted by atomic mass is 9.93. The van der Waals surface area contributed by atoms with Crippen LogP contribution in [0, 0.1) is 0 Å². The molecule has 4 nitrogen and oxygen atoms in total. The van der Waals surface area contributed by atoms with Crippen molar-refractivity contribution in [2.45, 2.75) is 19.4 Å². The number of hydrogen-bond donors (Lipinski definition) is 3. The summed E-state index contributed by atoms with van der Waals surface area (Å²) in [5.41, 5.74) is 5.18. The number of aromatic nitrogens is 2. The number of benzene rings is 2. The van der Waals surface area contributed by atoms with E-state index in [4.69, 9.17) is 11.6 Å². The fourth-order valence-electron chi connectivity index (χ4n) is 4.08. The number of aromatic amines is 1. The highest BCUT2D eigenvalue weighted by Gasteiger charge is 2.23. The summed E-state index contributed by atoms with van der Waals surface area (Å²) in [7, 11) is 0. The van der Waals surface area contributed by atoms with Gasteiger partial charge in [0.1, 0.15) is 0 Å². The number of nitrogens with one attached hydrogen (secondary N) is 1. The van der Waals surface area contributed by atoms with Crippen molar-refractivity contribution in [3.8, 4) is 34.0 Å². The van der Waals surface area contributed by atoms with Crippen LogP contribution >= 0.6 is 11.6 Å². The highest BCUT2D eigenvalue weighted by molar-refractivity contribution is 6.33. The Kier molecular flexibility index (Phi) is 3.31. The van der Waals surface area contributed by atoms with Gasteiger partial charge in [-0.2, -0.15) is 0 Å². The number of aryl methyl sites for hydroxylation is 2. The van der Waals surface area contributed by atoms with E-state index in [-0.39, 0.29) is 11.8 Å². The van der Waals surface area contributed by atoms with Crippen LogP contribution in [0.3, 0.4) is 0 Å². The second-order valence-corrected chi connectivity index (χ2v) is 7.15. The van der Waals surface area contributed by atoms with Crippen LogP contribution in [0.15, 0.2) is 48.7 Å². The molecule has 5 heteroatoms. The van der Waals surface area contributed by atoms with Gasteiger partial charge in [-0.15, -0.1) is 0 Å². The average Bonchev–Trinajstić information content (AvgIpc) is 3.17. The number of H-pyrrole nitrogens is 1. The van der Waals surface area contributed by atoms with E-state index in [9.17, 15) is 10.2 Å². The first-order chi connectivity index (χ1) is 12.6. The molecule has 0 fully saturated rings. The lowest BCUT2D eigenvalue weighted by molar-refractivity contribution is 0.426. The zero-order chi connectivity index (χ0) is 17.8. The molecule has 0 saturated heterocycles. The maximum atomic E-state index is 10.5. The summed E-state index contributed by atoms with van der Waals surface area (Å²) in [5.74, 6) is -0.142. The molecule has 0 unspecified atom stereocenters. The Morgan fingerprint density at radius 1 is 1.00 bits per heavy atom. The van der Waals surface area contributed by atoms with Crippen LogP contribution in [-0.4, -0.2) is 19.8 Å². The van der Waals surface area contributed by atoms with E-state index in [1.165, 1.54) is 11.1 Å². The van der Waals surface area contributed by atoms with Crippen molar-refractivity contribution in [3.05, 3.63) is 59.2 Å². The highest BCUT2D eigenvalue weighted by Crippen LogP contribution is 2.47. The average molecular weight is 365 g/mol. The lowest BCUT2D eigenvalue weighted by Crippen LogP contribution is -2.06. The first kappa shape index (κ1) is 15.4. The fraction of sp³-hybridized carbons (Fsp3) is 0.143. The van der Waals surface area contributed by atoms with Gasteiger partial charge in [-0.3, -0.25) is 4.98 Å². The van der Waals surface area contributed by atoms with E-state index in [1.807, 2.05) is 18.2 Å². The lowest BCUT2D eigenvalue weighted by Gasteiger charge is -2.17. The quantitative estimate of drug-likeness (QED) is 0.451. The van der Waals surface area contributed by atoms with Crippen molar-refractivity contribution in [1.82, 2.24) is 9.55 Å². The van der Waals surface area contributed by atoms with Gasteiger partial charge in [-0.1, -0.05) is 29.8 Å². The molecule has 0 saturated carbocycles. The molecule has 2 aromatic carbocycles. The van der Waals surface area contributed by atoms with E-state index >= 15 is 0 Å². The van der Waals surface area contributed by atoms with E-state index in [1.54, 1.807) is 6.07 Å². The van der Waals surface area contributed by atoms with E-state index in [2.05, 4.69) is 33.9 Å². The smallest absolute Gasteiger partial charge is 0.200 e. The number of halogens is 1. The molecule has 0 spiro atoms. The molecule has 1 aliphatic heterocycles. The predicted octanol–water partition coefficient (Wildman–Crippen LogP) is 5.31. The summed E-state index contributed by atoms with van der Waals surface area (Å²) in [5, 5.41) is 22.6. The molecule has 4 aromatic rings. The Balaban J connectivity index is 1.80. The maximum absolute atomic E-state index is 10.5. The minimum Gasteiger partial charge on any atom is -0.494 e. The SMILES string of the molecule is Oc1[nH]c(O)c(-c2ccccc2Cl)c1-c1cc2c3c(ccn3CCC2)c1. The van der Waals surface area contributed by atoms with E-state index in [0.29, 0.717) is 21.7 Å².